The molecule has 1 amide bonds. The molecule has 2 heterocycles. The Hall–Kier alpha value is -3.67. The van der Waals surface area contributed by atoms with Crippen LogP contribution in [0, 0.1) is 13.8 Å². The van der Waals surface area contributed by atoms with Gasteiger partial charge in [-0.25, -0.2) is 4.98 Å². The number of carbonyl (C=O) groups is 1. The van der Waals surface area contributed by atoms with E-state index in [1.807, 2.05) is 86.0 Å². The lowest BCUT2D eigenvalue weighted by Gasteiger charge is -2.15. The minimum Gasteiger partial charge on any atom is -0.348 e. The van der Waals surface area contributed by atoms with Gasteiger partial charge in [0.15, 0.2) is 5.65 Å². The summed E-state index contributed by atoms with van der Waals surface area (Å²) in [5, 5.41) is 3.49. The number of benzene rings is 2. The molecular formula is C24H24N4O2. The van der Waals surface area contributed by atoms with E-state index in [2.05, 4.69) is 10.3 Å². The molecule has 0 saturated carbocycles. The summed E-state index contributed by atoms with van der Waals surface area (Å²) in [4.78, 5) is 30.3. The summed E-state index contributed by atoms with van der Waals surface area (Å²) >= 11 is 0. The third-order valence-corrected chi connectivity index (χ3v) is 5.49. The molecule has 2 aromatic heterocycles. The summed E-state index contributed by atoms with van der Waals surface area (Å²) in [6, 6.07) is 19.4. The zero-order valence-electron chi connectivity index (χ0n) is 17.3. The maximum absolute atomic E-state index is 13.2. The van der Waals surface area contributed by atoms with Crippen molar-refractivity contribution in [2.45, 2.75) is 33.4 Å². The standard InChI is InChI=1S/C24H24N4O2/c1-16-18(3)28(20-12-8-5-9-13-20)23-22(16)24(30)27(15-25-23)14-21(29)26-17(2)19-10-6-4-7-11-19/h4-13,15,17H,14H2,1-3H3,(H,26,29)/t17-/m1/s1. The van der Waals surface area contributed by atoms with E-state index in [4.69, 9.17) is 0 Å². The number of fused-ring (bicyclic) bond motifs is 1. The van der Waals surface area contributed by atoms with Crippen molar-refractivity contribution in [2.75, 3.05) is 0 Å². The number of nitrogens with zero attached hydrogens (tertiary/aromatic N) is 3. The first-order valence-electron chi connectivity index (χ1n) is 9.94. The van der Waals surface area contributed by atoms with E-state index < -0.39 is 0 Å². The van der Waals surface area contributed by atoms with E-state index in [1.54, 1.807) is 0 Å². The first-order valence-corrected chi connectivity index (χ1v) is 9.94. The van der Waals surface area contributed by atoms with Crippen LogP contribution in [-0.4, -0.2) is 20.0 Å². The van der Waals surface area contributed by atoms with Crippen LogP contribution in [-0.2, 0) is 11.3 Å². The molecule has 0 saturated heterocycles. The number of nitrogens with one attached hydrogen (secondary N) is 1. The van der Waals surface area contributed by atoms with Gasteiger partial charge in [0.1, 0.15) is 12.9 Å². The van der Waals surface area contributed by atoms with Gasteiger partial charge < -0.3 is 5.32 Å². The minimum atomic E-state index is -0.230. The van der Waals surface area contributed by atoms with Gasteiger partial charge >= 0.3 is 0 Å². The van der Waals surface area contributed by atoms with E-state index in [-0.39, 0.29) is 24.1 Å². The molecule has 30 heavy (non-hydrogen) atoms. The van der Waals surface area contributed by atoms with E-state index in [1.165, 1.54) is 10.9 Å². The Morgan fingerprint density at radius 1 is 1.03 bits per heavy atom. The van der Waals surface area contributed by atoms with Crippen molar-refractivity contribution in [3.8, 4) is 5.69 Å². The molecule has 6 heteroatoms. The average molecular weight is 400 g/mol. The zero-order valence-corrected chi connectivity index (χ0v) is 17.3. The minimum absolute atomic E-state index is 0.0754. The first kappa shape index (κ1) is 19.6. The molecule has 0 aliphatic heterocycles. The summed E-state index contributed by atoms with van der Waals surface area (Å²) < 4.78 is 3.35. The Morgan fingerprint density at radius 2 is 1.67 bits per heavy atom. The second-order valence-corrected chi connectivity index (χ2v) is 7.46. The van der Waals surface area contributed by atoms with Gasteiger partial charge in [-0.05, 0) is 44.0 Å². The maximum atomic E-state index is 13.2. The number of aromatic nitrogens is 3. The van der Waals surface area contributed by atoms with E-state index >= 15 is 0 Å². The lowest BCUT2D eigenvalue weighted by molar-refractivity contribution is -0.122. The fourth-order valence-corrected chi connectivity index (χ4v) is 3.76. The van der Waals surface area contributed by atoms with Crippen LogP contribution in [0.5, 0.6) is 0 Å². The highest BCUT2D eigenvalue weighted by Crippen LogP contribution is 2.24. The molecule has 152 valence electrons. The fourth-order valence-electron chi connectivity index (χ4n) is 3.76. The number of hydrogen-bond donors (Lipinski definition) is 1. The van der Waals surface area contributed by atoms with Crippen molar-refractivity contribution < 1.29 is 4.79 Å². The molecule has 0 unspecified atom stereocenters. The van der Waals surface area contributed by atoms with Crippen molar-refractivity contribution in [3.63, 3.8) is 0 Å². The van der Waals surface area contributed by atoms with Crippen molar-refractivity contribution in [3.05, 3.63) is 94.2 Å². The van der Waals surface area contributed by atoms with Gasteiger partial charge in [-0.15, -0.1) is 0 Å². The smallest absolute Gasteiger partial charge is 0.263 e. The molecular weight excluding hydrogens is 376 g/mol. The number of rotatable bonds is 5. The van der Waals surface area contributed by atoms with Gasteiger partial charge in [-0.1, -0.05) is 48.5 Å². The predicted octanol–water partition coefficient (Wildman–Crippen LogP) is 3.68. The molecule has 0 spiro atoms. The van der Waals surface area contributed by atoms with Crippen LogP contribution in [0.25, 0.3) is 16.7 Å². The van der Waals surface area contributed by atoms with Crippen LogP contribution >= 0.6 is 0 Å². The van der Waals surface area contributed by atoms with Crippen LogP contribution in [0.15, 0.2) is 71.8 Å². The molecule has 4 aromatic rings. The lowest BCUT2D eigenvalue weighted by Crippen LogP contribution is -2.34. The molecule has 0 fully saturated rings. The highest BCUT2D eigenvalue weighted by atomic mass is 16.2. The monoisotopic (exact) mass is 400 g/mol. The summed E-state index contributed by atoms with van der Waals surface area (Å²) in [6.45, 7) is 5.74. The van der Waals surface area contributed by atoms with Crippen molar-refractivity contribution in [2.24, 2.45) is 0 Å². The second-order valence-electron chi connectivity index (χ2n) is 7.46. The van der Waals surface area contributed by atoms with Crippen molar-refractivity contribution in [1.82, 2.24) is 19.4 Å². The van der Waals surface area contributed by atoms with Crippen LogP contribution in [0.2, 0.25) is 0 Å². The highest BCUT2D eigenvalue weighted by molar-refractivity contribution is 5.83. The topological polar surface area (TPSA) is 68.9 Å². The van der Waals surface area contributed by atoms with E-state index in [9.17, 15) is 9.59 Å². The Balaban J connectivity index is 1.65. The molecule has 0 aliphatic rings. The normalized spacial score (nSPS) is 12.1. The van der Waals surface area contributed by atoms with Gasteiger partial charge in [0.2, 0.25) is 5.91 Å². The highest BCUT2D eigenvalue weighted by Gasteiger charge is 2.19. The zero-order chi connectivity index (χ0) is 21.3. The molecule has 0 bridgehead atoms. The third-order valence-electron chi connectivity index (χ3n) is 5.49. The molecule has 1 atom stereocenters. The molecule has 4 rings (SSSR count). The largest absolute Gasteiger partial charge is 0.348 e. The SMILES string of the molecule is Cc1c(C)n(-c2ccccc2)c2ncn(CC(=O)N[C@H](C)c3ccccc3)c(=O)c12. The molecule has 0 radical (unpaired) electrons. The Labute approximate surface area is 174 Å². The van der Waals surface area contributed by atoms with Crippen molar-refractivity contribution >= 4 is 16.9 Å². The number of para-hydroxylation sites is 1. The Morgan fingerprint density at radius 3 is 2.33 bits per heavy atom. The summed E-state index contributed by atoms with van der Waals surface area (Å²) in [5.74, 6) is -0.230. The van der Waals surface area contributed by atoms with Gasteiger partial charge in [0, 0.05) is 11.4 Å². The third kappa shape index (κ3) is 3.52. The van der Waals surface area contributed by atoms with Gasteiger partial charge in [0.25, 0.3) is 5.56 Å². The van der Waals surface area contributed by atoms with Gasteiger partial charge in [0.05, 0.1) is 11.4 Å². The predicted molar refractivity (Wildman–Crippen MR) is 118 cm³/mol. The Kier molecular flexibility index (Phi) is 5.23. The number of amides is 1. The maximum Gasteiger partial charge on any atom is 0.263 e. The van der Waals surface area contributed by atoms with Crippen molar-refractivity contribution in [1.29, 1.82) is 0 Å². The Bertz CT molecular complexity index is 1260. The average Bonchev–Trinajstić information content (AvgIpc) is 3.02. The number of hydrogen-bond acceptors (Lipinski definition) is 3. The molecule has 2 aromatic carbocycles. The van der Waals surface area contributed by atoms with Crippen LogP contribution in [0.3, 0.4) is 0 Å². The van der Waals surface area contributed by atoms with E-state index in [0.717, 1.165) is 22.5 Å². The molecule has 6 nitrogen and oxygen atoms in total. The second kappa shape index (κ2) is 7.99. The molecule has 0 aliphatic carbocycles. The summed E-state index contributed by atoms with van der Waals surface area (Å²) in [7, 11) is 0. The van der Waals surface area contributed by atoms with Gasteiger partial charge in [-0.2, -0.15) is 0 Å². The molecule has 1 N–H and O–H groups in total. The number of aryl methyl sites for hydroxylation is 1. The quantitative estimate of drug-likeness (QED) is 0.556. The first-order chi connectivity index (χ1) is 14.5. The number of carbonyl (C=O) groups excluding carboxylic acids is 1. The lowest BCUT2D eigenvalue weighted by atomic mass is 10.1. The van der Waals surface area contributed by atoms with E-state index in [0.29, 0.717) is 11.0 Å². The van der Waals surface area contributed by atoms with Gasteiger partial charge in [-0.3, -0.25) is 18.7 Å². The summed E-state index contributed by atoms with van der Waals surface area (Å²) in [6.07, 6.45) is 1.45. The summed E-state index contributed by atoms with van der Waals surface area (Å²) in [5.41, 5.74) is 4.19. The van der Waals surface area contributed by atoms with Crippen LogP contribution in [0.4, 0.5) is 0 Å². The van der Waals surface area contributed by atoms with Crippen LogP contribution < -0.4 is 10.9 Å². The van der Waals surface area contributed by atoms with Crippen LogP contribution in [0.1, 0.15) is 29.8 Å². The fraction of sp³-hybridized carbons (Fsp3) is 0.208.